The third kappa shape index (κ3) is 3.28. The van der Waals surface area contributed by atoms with Gasteiger partial charge in [-0.15, -0.1) is 0 Å². The maximum Gasteiger partial charge on any atom is 0.272 e. The topological polar surface area (TPSA) is 67.2 Å². The van der Waals surface area contributed by atoms with Crippen molar-refractivity contribution < 1.29 is 9.90 Å². The van der Waals surface area contributed by atoms with Crippen LogP contribution in [0.1, 0.15) is 56.1 Å². The fourth-order valence-corrected chi connectivity index (χ4v) is 3.08. The van der Waals surface area contributed by atoms with Gasteiger partial charge in [0.1, 0.15) is 5.69 Å². The quantitative estimate of drug-likeness (QED) is 0.807. The molecular weight excluding hydrogens is 266 g/mol. The normalized spacial score (nSPS) is 21.3. The summed E-state index contributed by atoms with van der Waals surface area (Å²) in [5, 5.41) is 17.1. The summed E-state index contributed by atoms with van der Waals surface area (Å²) in [7, 11) is 0. The smallest absolute Gasteiger partial charge is 0.272 e. The molecular formula is C16H25N3O2. The lowest BCUT2D eigenvalue weighted by atomic mass is 9.91. The van der Waals surface area contributed by atoms with Crippen LogP contribution in [-0.2, 0) is 0 Å². The number of hydrogen-bond acceptors (Lipinski definition) is 3. The molecule has 1 aromatic rings. The highest BCUT2D eigenvalue weighted by Crippen LogP contribution is 2.45. The molecule has 2 N–H and O–H groups in total. The monoisotopic (exact) mass is 291 g/mol. The molecule has 2 atom stereocenters. The second-order valence-electron chi connectivity index (χ2n) is 6.80. The maximum atomic E-state index is 12.4. The summed E-state index contributed by atoms with van der Waals surface area (Å²) in [4.78, 5) is 12.4. The van der Waals surface area contributed by atoms with Crippen molar-refractivity contribution in [3.63, 3.8) is 0 Å². The van der Waals surface area contributed by atoms with E-state index < -0.39 is 0 Å². The molecule has 1 amide bonds. The summed E-state index contributed by atoms with van der Waals surface area (Å²) < 4.78 is 1.80. The first-order valence-electron chi connectivity index (χ1n) is 8.07. The molecule has 0 aliphatic heterocycles. The SMILES string of the molecule is CC(C)n1ccc(C(=O)N[C@@H](C2CC2)[C@@H](CO)C2CC2)n1. The summed E-state index contributed by atoms with van der Waals surface area (Å²) in [6.07, 6.45) is 6.54. The van der Waals surface area contributed by atoms with Gasteiger partial charge < -0.3 is 10.4 Å². The molecule has 0 spiro atoms. The molecule has 0 unspecified atom stereocenters. The van der Waals surface area contributed by atoms with E-state index in [0.29, 0.717) is 17.5 Å². The summed E-state index contributed by atoms with van der Waals surface area (Å²) >= 11 is 0. The van der Waals surface area contributed by atoms with E-state index in [0.717, 1.165) is 12.8 Å². The lowest BCUT2D eigenvalue weighted by molar-refractivity contribution is 0.0873. The van der Waals surface area contributed by atoms with Gasteiger partial charge in [-0.05, 0) is 57.4 Å². The van der Waals surface area contributed by atoms with Crippen LogP contribution in [0.3, 0.4) is 0 Å². The van der Waals surface area contributed by atoms with E-state index in [4.69, 9.17) is 0 Å². The number of hydrogen-bond donors (Lipinski definition) is 2. The number of aliphatic hydroxyl groups excluding tert-OH is 1. The molecule has 0 aromatic carbocycles. The Kier molecular flexibility index (Phi) is 4.02. The zero-order valence-electron chi connectivity index (χ0n) is 12.8. The van der Waals surface area contributed by atoms with Crippen LogP contribution in [0.5, 0.6) is 0 Å². The van der Waals surface area contributed by atoms with Crippen molar-refractivity contribution in [2.75, 3.05) is 6.61 Å². The van der Waals surface area contributed by atoms with Crippen molar-refractivity contribution in [1.29, 1.82) is 0 Å². The standard InChI is InChI=1S/C16H25N3O2/c1-10(2)19-8-7-14(18-19)16(21)17-15(12-5-6-12)13(9-20)11-3-4-11/h7-8,10-13,15,20H,3-6,9H2,1-2H3,(H,17,21)/t13-,15-/m0/s1. The van der Waals surface area contributed by atoms with E-state index in [1.165, 1.54) is 12.8 Å². The van der Waals surface area contributed by atoms with Crippen LogP contribution >= 0.6 is 0 Å². The predicted octanol–water partition coefficient (Wildman–Crippen LogP) is 1.99. The highest BCUT2D eigenvalue weighted by atomic mass is 16.3. The fourth-order valence-electron chi connectivity index (χ4n) is 3.08. The lowest BCUT2D eigenvalue weighted by Crippen LogP contribution is -2.44. The second-order valence-corrected chi connectivity index (χ2v) is 6.80. The molecule has 116 valence electrons. The summed E-state index contributed by atoms with van der Waals surface area (Å²) in [5.41, 5.74) is 0.474. The van der Waals surface area contributed by atoms with Crippen LogP contribution in [-0.4, -0.2) is 33.4 Å². The predicted molar refractivity (Wildman–Crippen MR) is 79.9 cm³/mol. The second kappa shape index (κ2) is 5.79. The molecule has 3 rings (SSSR count). The Bertz CT molecular complexity index is 503. The van der Waals surface area contributed by atoms with Gasteiger partial charge in [0, 0.05) is 30.8 Å². The molecule has 2 fully saturated rings. The van der Waals surface area contributed by atoms with Crippen LogP contribution in [0, 0.1) is 17.8 Å². The molecule has 21 heavy (non-hydrogen) atoms. The zero-order valence-corrected chi connectivity index (χ0v) is 12.8. The zero-order chi connectivity index (χ0) is 15.0. The number of rotatable bonds is 7. The number of carbonyl (C=O) groups is 1. The van der Waals surface area contributed by atoms with Crippen LogP contribution in [0.25, 0.3) is 0 Å². The van der Waals surface area contributed by atoms with Gasteiger partial charge in [-0.1, -0.05) is 0 Å². The van der Waals surface area contributed by atoms with Crippen LogP contribution < -0.4 is 5.32 Å². The van der Waals surface area contributed by atoms with Crippen molar-refractivity contribution in [2.45, 2.75) is 51.6 Å². The fraction of sp³-hybridized carbons (Fsp3) is 0.750. The van der Waals surface area contributed by atoms with Gasteiger partial charge in [0.05, 0.1) is 0 Å². The number of nitrogens with one attached hydrogen (secondary N) is 1. The minimum atomic E-state index is -0.106. The minimum absolute atomic E-state index is 0.106. The number of carbonyl (C=O) groups excluding carboxylic acids is 1. The number of aromatic nitrogens is 2. The van der Waals surface area contributed by atoms with E-state index in [-0.39, 0.29) is 30.5 Å². The summed E-state index contributed by atoms with van der Waals surface area (Å²) in [5.74, 6) is 1.24. The van der Waals surface area contributed by atoms with Crippen molar-refractivity contribution >= 4 is 5.91 Å². The summed E-state index contributed by atoms with van der Waals surface area (Å²) in [6.45, 7) is 4.25. The maximum absolute atomic E-state index is 12.4. The average molecular weight is 291 g/mol. The van der Waals surface area contributed by atoms with Crippen molar-refractivity contribution in [1.82, 2.24) is 15.1 Å². The molecule has 0 saturated heterocycles. The molecule has 5 heteroatoms. The Hall–Kier alpha value is -1.36. The number of aliphatic hydroxyl groups is 1. The van der Waals surface area contributed by atoms with E-state index in [9.17, 15) is 9.90 Å². The van der Waals surface area contributed by atoms with Gasteiger partial charge in [-0.3, -0.25) is 9.48 Å². The van der Waals surface area contributed by atoms with E-state index in [1.54, 1.807) is 10.7 Å². The van der Waals surface area contributed by atoms with Gasteiger partial charge in [0.15, 0.2) is 0 Å². The highest BCUT2D eigenvalue weighted by molar-refractivity contribution is 5.92. The minimum Gasteiger partial charge on any atom is -0.396 e. The Balaban J connectivity index is 1.68. The number of nitrogens with zero attached hydrogens (tertiary/aromatic N) is 2. The van der Waals surface area contributed by atoms with E-state index in [2.05, 4.69) is 10.4 Å². The molecule has 1 aromatic heterocycles. The Morgan fingerprint density at radius 3 is 2.52 bits per heavy atom. The van der Waals surface area contributed by atoms with Gasteiger partial charge in [-0.25, -0.2) is 0 Å². The molecule has 0 bridgehead atoms. The Morgan fingerprint density at radius 1 is 1.38 bits per heavy atom. The lowest BCUT2D eigenvalue weighted by Gasteiger charge is -2.26. The first kappa shape index (κ1) is 14.6. The average Bonchev–Trinajstić information content (AvgIpc) is 3.37. The van der Waals surface area contributed by atoms with Crippen molar-refractivity contribution in [2.24, 2.45) is 17.8 Å². The molecule has 2 saturated carbocycles. The third-order valence-corrected chi connectivity index (χ3v) is 4.70. The van der Waals surface area contributed by atoms with Gasteiger partial charge >= 0.3 is 0 Å². The van der Waals surface area contributed by atoms with Gasteiger partial charge in [0.2, 0.25) is 0 Å². The molecule has 0 radical (unpaired) electrons. The third-order valence-electron chi connectivity index (χ3n) is 4.70. The van der Waals surface area contributed by atoms with Crippen molar-refractivity contribution in [3.8, 4) is 0 Å². The van der Waals surface area contributed by atoms with Gasteiger partial charge in [0.25, 0.3) is 5.91 Å². The molecule has 2 aliphatic rings. The largest absolute Gasteiger partial charge is 0.396 e. The van der Waals surface area contributed by atoms with Gasteiger partial charge in [-0.2, -0.15) is 5.10 Å². The Labute approximate surface area is 125 Å². The van der Waals surface area contributed by atoms with E-state index in [1.807, 2.05) is 20.0 Å². The molecule has 2 aliphatic carbocycles. The van der Waals surface area contributed by atoms with Crippen LogP contribution in [0.2, 0.25) is 0 Å². The van der Waals surface area contributed by atoms with E-state index >= 15 is 0 Å². The van der Waals surface area contributed by atoms with Crippen LogP contribution in [0.15, 0.2) is 12.3 Å². The first-order chi connectivity index (χ1) is 10.1. The highest BCUT2D eigenvalue weighted by Gasteiger charge is 2.43. The van der Waals surface area contributed by atoms with Crippen molar-refractivity contribution in [3.05, 3.63) is 18.0 Å². The molecule has 1 heterocycles. The molecule has 5 nitrogen and oxygen atoms in total. The Morgan fingerprint density at radius 2 is 2.05 bits per heavy atom. The summed E-state index contributed by atoms with van der Waals surface area (Å²) in [6, 6.07) is 2.13. The van der Waals surface area contributed by atoms with Crippen LogP contribution in [0.4, 0.5) is 0 Å². The first-order valence-corrected chi connectivity index (χ1v) is 8.07. The number of amides is 1.